The summed E-state index contributed by atoms with van der Waals surface area (Å²) in [6, 6.07) is 9.30. The molecule has 0 unspecified atom stereocenters. The van der Waals surface area contributed by atoms with Crippen molar-refractivity contribution in [3.63, 3.8) is 0 Å². The van der Waals surface area contributed by atoms with E-state index in [1.165, 1.54) is 17.2 Å². The van der Waals surface area contributed by atoms with Crippen LogP contribution < -0.4 is 15.4 Å². The van der Waals surface area contributed by atoms with E-state index in [0.717, 1.165) is 18.4 Å². The molecule has 0 bridgehead atoms. The fourth-order valence-corrected chi connectivity index (χ4v) is 5.17. The lowest BCUT2D eigenvalue weighted by molar-refractivity contribution is -0.125. The number of amides is 2. The third-order valence-corrected chi connectivity index (χ3v) is 7.66. The molecule has 40 heavy (non-hydrogen) atoms. The average Bonchev–Trinajstić information content (AvgIpc) is 3.30. The number of rotatable bonds is 8. The second-order valence-electron chi connectivity index (χ2n) is 10.0. The molecule has 1 saturated heterocycles. The van der Waals surface area contributed by atoms with Gasteiger partial charge in [-0.05, 0) is 56.5 Å². The van der Waals surface area contributed by atoms with E-state index in [2.05, 4.69) is 20.6 Å². The number of hydrogen-bond acceptors (Lipinski definition) is 7. The summed E-state index contributed by atoms with van der Waals surface area (Å²) in [7, 11) is 1.58. The molecule has 11 heteroatoms. The Hall–Kier alpha value is -3.76. The summed E-state index contributed by atoms with van der Waals surface area (Å²) in [5.41, 5.74) is 1.96. The predicted octanol–water partition coefficient (Wildman–Crippen LogP) is 4.76. The monoisotopic (exact) mass is 567 g/mol. The minimum Gasteiger partial charge on any atom is -0.497 e. The summed E-state index contributed by atoms with van der Waals surface area (Å²) in [5.74, 6) is -0.291. The molecular formula is C29H31ClFN5O4. The zero-order valence-corrected chi connectivity index (χ0v) is 23.3. The number of aromatic nitrogens is 2. The van der Waals surface area contributed by atoms with Crippen molar-refractivity contribution in [3.8, 4) is 17.0 Å². The number of hydrogen-bond donors (Lipinski definition) is 2. The van der Waals surface area contributed by atoms with E-state index >= 15 is 4.39 Å². The van der Waals surface area contributed by atoms with Crippen LogP contribution in [-0.4, -0.2) is 59.1 Å². The van der Waals surface area contributed by atoms with Gasteiger partial charge in [-0.1, -0.05) is 23.7 Å². The van der Waals surface area contributed by atoms with E-state index in [-0.39, 0.29) is 40.7 Å². The van der Waals surface area contributed by atoms with Gasteiger partial charge in [-0.25, -0.2) is 14.4 Å². The molecule has 1 fully saturated rings. The Bertz CT molecular complexity index is 1430. The standard InChI is InChI=1S/C29H31ClFN5O4/c1-16(18-5-4-6-21(11-18)39-3)33-27(37)17(2)36-15-23-22(28(36)38)12-19(13-25(23)31)26-24(30)14-32-29(35-26)34-20-7-9-40-10-8-20/h4-6,11-14,16-17,20H,7-10,15H2,1-3H3,(H,33,37)(H,32,34,35)/t16-,17-/m1/s1. The highest BCUT2D eigenvalue weighted by Gasteiger charge is 2.36. The van der Waals surface area contributed by atoms with Crippen LogP contribution in [-0.2, 0) is 16.1 Å². The number of nitrogens with zero attached hydrogens (tertiary/aromatic N) is 3. The minimum absolute atomic E-state index is 0.0174. The smallest absolute Gasteiger partial charge is 0.255 e. The maximum atomic E-state index is 15.3. The van der Waals surface area contributed by atoms with Gasteiger partial charge in [-0.3, -0.25) is 9.59 Å². The summed E-state index contributed by atoms with van der Waals surface area (Å²) in [6.45, 7) is 4.77. The number of halogens is 2. The maximum absolute atomic E-state index is 15.3. The van der Waals surface area contributed by atoms with Gasteiger partial charge in [0.15, 0.2) is 0 Å². The molecule has 3 heterocycles. The van der Waals surface area contributed by atoms with E-state index in [1.807, 2.05) is 31.2 Å². The van der Waals surface area contributed by atoms with Gasteiger partial charge in [0.25, 0.3) is 5.91 Å². The number of methoxy groups -OCH3 is 1. The van der Waals surface area contributed by atoms with Crippen molar-refractivity contribution in [3.05, 3.63) is 70.1 Å². The van der Waals surface area contributed by atoms with Gasteiger partial charge in [0.2, 0.25) is 11.9 Å². The fraction of sp³-hybridized carbons (Fsp3) is 0.379. The highest BCUT2D eigenvalue weighted by Crippen LogP contribution is 2.34. The lowest BCUT2D eigenvalue weighted by Gasteiger charge is -2.25. The number of fused-ring (bicyclic) bond motifs is 1. The van der Waals surface area contributed by atoms with Crippen LogP contribution in [0.1, 0.15) is 54.2 Å². The summed E-state index contributed by atoms with van der Waals surface area (Å²) in [5, 5.41) is 6.45. The average molecular weight is 568 g/mol. The highest BCUT2D eigenvalue weighted by atomic mass is 35.5. The quantitative estimate of drug-likeness (QED) is 0.404. The molecule has 2 atom stereocenters. The van der Waals surface area contributed by atoms with Crippen LogP contribution in [0, 0.1) is 5.82 Å². The Balaban J connectivity index is 1.33. The highest BCUT2D eigenvalue weighted by molar-refractivity contribution is 6.33. The lowest BCUT2D eigenvalue weighted by atomic mass is 10.0. The van der Waals surface area contributed by atoms with Gasteiger partial charge < -0.3 is 25.0 Å². The van der Waals surface area contributed by atoms with E-state index in [4.69, 9.17) is 21.1 Å². The van der Waals surface area contributed by atoms with Crippen LogP contribution in [0.3, 0.4) is 0 Å². The molecule has 2 aliphatic heterocycles. The zero-order chi connectivity index (χ0) is 28.4. The van der Waals surface area contributed by atoms with E-state index in [1.54, 1.807) is 20.1 Å². The van der Waals surface area contributed by atoms with Crippen LogP contribution in [0.25, 0.3) is 11.3 Å². The van der Waals surface area contributed by atoms with Crippen LogP contribution in [0.2, 0.25) is 5.02 Å². The molecule has 1 aromatic heterocycles. The Morgan fingerprint density at radius 2 is 2.00 bits per heavy atom. The molecular weight excluding hydrogens is 537 g/mol. The molecule has 0 aliphatic carbocycles. The fourth-order valence-electron chi connectivity index (χ4n) is 4.97. The predicted molar refractivity (Wildman–Crippen MR) is 149 cm³/mol. The summed E-state index contributed by atoms with van der Waals surface area (Å²) < 4.78 is 26.0. The van der Waals surface area contributed by atoms with Crippen molar-refractivity contribution in [2.24, 2.45) is 0 Å². The van der Waals surface area contributed by atoms with Gasteiger partial charge in [0.05, 0.1) is 36.6 Å². The maximum Gasteiger partial charge on any atom is 0.255 e. The normalized spacial score (nSPS) is 16.8. The molecule has 9 nitrogen and oxygen atoms in total. The first-order chi connectivity index (χ1) is 19.2. The van der Waals surface area contributed by atoms with Crippen molar-refractivity contribution in [2.75, 3.05) is 25.6 Å². The Morgan fingerprint density at radius 1 is 1.23 bits per heavy atom. The van der Waals surface area contributed by atoms with Gasteiger partial charge >= 0.3 is 0 Å². The molecule has 2 amide bonds. The zero-order valence-electron chi connectivity index (χ0n) is 22.5. The number of benzene rings is 2. The second-order valence-corrected chi connectivity index (χ2v) is 10.4. The Kier molecular flexibility index (Phi) is 8.18. The van der Waals surface area contributed by atoms with Gasteiger partial charge in [0, 0.05) is 35.9 Å². The molecule has 2 aliphatic rings. The van der Waals surface area contributed by atoms with Gasteiger partial charge in [0.1, 0.15) is 17.6 Å². The lowest BCUT2D eigenvalue weighted by Crippen LogP contribution is -2.45. The summed E-state index contributed by atoms with van der Waals surface area (Å²) in [4.78, 5) is 36.7. The first-order valence-corrected chi connectivity index (χ1v) is 13.6. The Morgan fingerprint density at radius 3 is 2.75 bits per heavy atom. The van der Waals surface area contributed by atoms with Crippen LogP contribution in [0.5, 0.6) is 5.75 Å². The number of ether oxygens (including phenoxy) is 2. The van der Waals surface area contributed by atoms with Crippen LogP contribution in [0.15, 0.2) is 42.6 Å². The van der Waals surface area contributed by atoms with Crippen LogP contribution >= 0.6 is 11.6 Å². The van der Waals surface area contributed by atoms with Gasteiger partial charge in [-0.15, -0.1) is 0 Å². The number of carbonyl (C=O) groups excluding carboxylic acids is 2. The molecule has 2 N–H and O–H groups in total. The molecule has 0 spiro atoms. The number of carbonyl (C=O) groups is 2. The molecule has 3 aromatic rings. The van der Waals surface area contributed by atoms with Crippen molar-refractivity contribution in [1.29, 1.82) is 0 Å². The first-order valence-electron chi connectivity index (χ1n) is 13.2. The second kappa shape index (κ2) is 11.8. The molecule has 5 rings (SSSR count). The van der Waals surface area contributed by atoms with Gasteiger partial charge in [-0.2, -0.15) is 0 Å². The van der Waals surface area contributed by atoms with E-state index in [0.29, 0.717) is 36.2 Å². The summed E-state index contributed by atoms with van der Waals surface area (Å²) >= 11 is 6.40. The van der Waals surface area contributed by atoms with E-state index < -0.39 is 17.8 Å². The van der Waals surface area contributed by atoms with Crippen LogP contribution in [0.4, 0.5) is 10.3 Å². The third-order valence-electron chi connectivity index (χ3n) is 7.39. The van der Waals surface area contributed by atoms with Crippen molar-refractivity contribution < 1.29 is 23.5 Å². The third kappa shape index (κ3) is 5.73. The number of anilines is 1. The summed E-state index contributed by atoms with van der Waals surface area (Å²) in [6.07, 6.45) is 3.10. The van der Waals surface area contributed by atoms with Crippen molar-refractivity contribution in [1.82, 2.24) is 20.2 Å². The van der Waals surface area contributed by atoms with Crippen molar-refractivity contribution in [2.45, 2.75) is 51.4 Å². The minimum atomic E-state index is -0.825. The van der Waals surface area contributed by atoms with Crippen molar-refractivity contribution >= 4 is 29.4 Å². The Labute approximate surface area is 237 Å². The topological polar surface area (TPSA) is 106 Å². The first kappa shape index (κ1) is 27.8. The molecule has 0 saturated carbocycles. The van der Waals surface area contributed by atoms with E-state index in [9.17, 15) is 9.59 Å². The SMILES string of the molecule is COc1cccc([C@@H](C)NC(=O)[C@@H](C)N2Cc3c(F)cc(-c4nc(NC5CCOCC5)ncc4Cl)cc3C2=O)c1. The molecule has 210 valence electrons. The molecule has 2 aromatic carbocycles. The number of nitrogens with one attached hydrogen (secondary N) is 2. The molecule has 0 radical (unpaired) electrons. The largest absolute Gasteiger partial charge is 0.497 e.